The van der Waals surface area contributed by atoms with Gasteiger partial charge in [-0.1, -0.05) is 30.3 Å². The van der Waals surface area contributed by atoms with Crippen LogP contribution in [0.3, 0.4) is 0 Å². The van der Waals surface area contributed by atoms with Gasteiger partial charge in [0.1, 0.15) is 0 Å². The molecule has 0 N–H and O–H groups in total. The normalized spacial score (nSPS) is 17.1. The van der Waals surface area contributed by atoms with E-state index in [0.717, 1.165) is 44.7 Å². The van der Waals surface area contributed by atoms with E-state index in [1.807, 2.05) is 25.2 Å². The van der Waals surface area contributed by atoms with Crippen molar-refractivity contribution in [2.75, 3.05) is 31.7 Å². The largest absolute Gasteiger partial charge is 0.381 e. The van der Waals surface area contributed by atoms with E-state index in [-0.39, 0.29) is 5.56 Å². The first-order valence-electron chi connectivity index (χ1n) is 8.62. The Kier molecular flexibility index (Phi) is 5.64. The van der Waals surface area contributed by atoms with Crippen LogP contribution in [0.1, 0.15) is 18.4 Å². The van der Waals surface area contributed by atoms with Crippen molar-refractivity contribution in [3.8, 4) is 0 Å². The lowest BCUT2D eigenvalue weighted by atomic mass is 10.1. The summed E-state index contributed by atoms with van der Waals surface area (Å²) >= 11 is 0. The highest BCUT2D eigenvalue weighted by Gasteiger charge is 2.15. The molecule has 1 atom stereocenters. The van der Waals surface area contributed by atoms with Crippen LogP contribution in [0.4, 0.5) is 5.69 Å². The molecule has 0 saturated carbocycles. The molecule has 128 valence electrons. The number of hydrogen-bond donors (Lipinski definition) is 0. The summed E-state index contributed by atoms with van der Waals surface area (Å²) in [5.74, 6) is 0.562. The van der Waals surface area contributed by atoms with Gasteiger partial charge < -0.3 is 9.64 Å². The maximum Gasteiger partial charge on any atom is 0.268 e. The van der Waals surface area contributed by atoms with Crippen LogP contribution in [0.25, 0.3) is 0 Å². The molecule has 5 nitrogen and oxygen atoms in total. The van der Waals surface area contributed by atoms with Crippen molar-refractivity contribution in [3.63, 3.8) is 0 Å². The number of hydrogen-bond acceptors (Lipinski definition) is 4. The standard InChI is InChI=1S/C19H25N3O2/c1-21(10-7-16-5-3-2-4-6-16)18-13-19(23)22(20-14-18)11-8-17-9-12-24-15-17/h2-6,13-14,17H,7-12,15H2,1H3/t17-/m0/s1. The molecule has 0 bridgehead atoms. The molecule has 2 heterocycles. The molecule has 0 radical (unpaired) electrons. The molecule has 1 aromatic heterocycles. The SMILES string of the molecule is CN(CCc1ccccc1)c1cnn(CC[C@H]2CCOC2)c(=O)c1. The molecule has 1 fully saturated rings. The van der Waals surface area contributed by atoms with Crippen molar-refractivity contribution >= 4 is 5.69 Å². The van der Waals surface area contributed by atoms with E-state index in [9.17, 15) is 4.79 Å². The van der Waals surface area contributed by atoms with Gasteiger partial charge >= 0.3 is 0 Å². The first kappa shape index (κ1) is 16.7. The van der Waals surface area contributed by atoms with Crippen molar-refractivity contribution in [3.05, 3.63) is 58.5 Å². The van der Waals surface area contributed by atoms with E-state index in [1.54, 1.807) is 16.9 Å². The highest BCUT2D eigenvalue weighted by molar-refractivity contribution is 5.42. The molecule has 1 aliphatic heterocycles. The predicted molar refractivity (Wildman–Crippen MR) is 95.5 cm³/mol. The third-order valence-corrected chi connectivity index (χ3v) is 4.65. The van der Waals surface area contributed by atoms with Gasteiger partial charge in [0.25, 0.3) is 5.56 Å². The van der Waals surface area contributed by atoms with Gasteiger partial charge in [-0.3, -0.25) is 4.79 Å². The lowest BCUT2D eigenvalue weighted by molar-refractivity contribution is 0.183. The van der Waals surface area contributed by atoms with E-state index in [0.29, 0.717) is 12.5 Å². The van der Waals surface area contributed by atoms with Crippen LogP contribution in [0, 0.1) is 5.92 Å². The second kappa shape index (κ2) is 8.11. The minimum Gasteiger partial charge on any atom is -0.381 e. The second-order valence-corrected chi connectivity index (χ2v) is 6.45. The van der Waals surface area contributed by atoms with Crippen molar-refractivity contribution < 1.29 is 4.74 Å². The van der Waals surface area contributed by atoms with Crippen LogP contribution in [-0.2, 0) is 17.7 Å². The summed E-state index contributed by atoms with van der Waals surface area (Å²) in [6.45, 7) is 3.18. The smallest absolute Gasteiger partial charge is 0.268 e. The highest BCUT2D eigenvalue weighted by Crippen LogP contribution is 2.16. The van der Waals surface area contributed by atoms with Gasteiger partial charge in [-0.15, -0.1) is 0 Å². The van der Waals surface area contributed by atoms with Crippen molar-refractivity contribution in [2.45, 2.75) is 25.8 Å². The number of nitrogens with zero attached hydrogens (tertiary/aromatic N) is 3. The fourth-order valence-electron chi connectivity index (χ4n) is 2.99. The predicted octanol–water partition coefficient (Wildman–Crippen LogP) is 2.35. The van der Waals surface area contributed by atoms with Gasteiger partial charge in [-0.25, -0.2) is 4.68 Å². The number of rotatable bonds is 7. The molecule has 0 unspecified atom stereocenters. The molecule has 0 amide bonds. The summed E-state index contributed by atoms with van der Waals surface area (Å²) < 4.78 is 6.94. The van der Waals surface area contributed by atoms with Crippen LogP contribution in [0.2, 0.25) is 0 Å². The minimum atomic E-state index is -0.0297. The Morgan fingerprint density at radius 3 is 2.88 bits per heavy atom. The zero-order valence-electron chi connectivity index (χ0n) is 14.2. The summed E-state index contributed by atoms with van der Waals surface area (Å²) in [4.78, 5) is 14.3. The van der Waals surface area contributed by atoms with E-state index in [4.69, 9.17) is 4.74 Å². The first-order chi connectivity index (χ1) is 11.7. The number of benzene rings is 1. The highest BCUT2D eigenvalue weighted by atomic mass is 16.5. The Morgan fingerprint density at radius 1 is 1.33 bits per heavy atom. The monoisotopic (exact) mass is 327 g/mol. The van der Waals surface area contributed by atoms with Crippen molar-refractivity contribution in [1.29, 1.82) is 0 Å². The van der Waals surface area contributed by atoms with E-state index < -0.39 is 0 Å². The van der Waals surface area contributed by atoms with Crippen molar-refractivity contribution in [1.82, 2.24) is 9.78 Å². The molecule has 0 aliphatic carbocycles. The third-order valence-electron chi connectivity index (χ3n) is 4.65. The zero-order valence-corrected chi connectivity index (χ0v) is 14.2. The summed E-state index contributed by atoms with van der Waals surface area (Å²) in [5, 5.41) is 4.34. The van der Waals surface area contributed by atoms with Gasteiger partial charge in [0.15, 0.2) is 0 Å². The van der Waals surface area contributed by atoms with Gasteiger partial charge in [0.05, 0.1) is 11.9 Å². The van der Waals surface area contributed by atoms with Crippen LogP contribution in [-0.4, -0.2) is 36.6 Å². The fourth-order valence-corrected chi connectivity index (χ4v) is 2.99. The Morgan fingerprint density at radius 2 is 2.17 bits per heavy atom. The molecule has 24 heavy (non-hydrogen) atoms. The molecule has 1 aromatic carbocycles. The Hall–Kier alpha value is -2.14. The maximum atomic E-state index is 12.3. The molecule has 5 heteroatoms. The molecular weight excluding hydrogens is 302 g/mol. The summed E-state index contributed by atoms with van der Waals surface area (Å²) in [7, 11) is 2.00. The summed E-state index contributed by atoms with van der Waals surface area (Å²) in [6.07, 6.45) is 4.78. The van der Waals surface area contributed by atoms with Crippen LogP contribution >= 0.6 is 0 Å². The quantitative estimate of drug-likeness (QED) is 0.783. The fraction of sp³-hybridized carbons (Fsp3) is 0.474. The number of likely N-dealkylation sites (N-methyl/N-ethyl adjacent to an activating group) is 1. The number of aromatic nitrogens is 2. The third kappa shape index (κ3) is 4.45. The average Bonchev–Trinajstić information content (AvgIpc) is 3.13. The average molecular weight is 327 g/mol. The van der Waals surface area contributed by atoms with Gasteiger partial charge in [-0.05, 0) is 30.7 Å². The van der Waals surface area contributed by atoms with Crippen LogP contribution in [0.5, 0.6) is 0 Å². The molecule has 3 rings (SSSR count). The molecule has 2 aromatic rings. The van der Waals surface area contributed by atoms with Crippen molar-refractivity contribution in [2.24, 2.45) is 5.92 Å². The molecule has 0 spiro atoms. The Bertz CT molecular complexity index is 693. The Balaban J connectivity index is 1.55. The lowest BCUT2D eigenvalue weighted by Gasteiger charge is -2.19. The van der Waals surface area contributed by atoms with E-state index in [2.05, 4.69) is 22.1 Å². The van der Waals surface area contributed by atoms with Gasteiger partial charge in [0, 0.05) is 39.4 Å². The van der Waals surface area contributed by atoms with Crippen LogP contribution < -0.4 is 10.5 Å². The number of aryl methyl sites for hydroxylation is 1. The molecule has 1 aliphatic rings. The Labute approximate surface area is 142 Å². The number of anilines is 1. The molecule has 1 saturated heterocycles. The maximum absolute atomic E-state index is 12.3. The van der Waals surface area contributed by atoms with Gasteiger partial charge in [0.2, 0.25) is 0 Å². The number of ether oxygens (including phenoxy) is 1. The molecular formula is C19H25N3O2. The van der Waals surface area contributed by atoms with Crippen LogP contribution in [0.15, 0.2) is 47.4 Å². The van der Waals surface area contributed by atoms with E-state index >= 15 is 0 Å². The second-order valence-electron chi connectivity index (χ2n) is 6.45. The first-order valence-corrected chi connectivity index (χ1v) is 8.62. The minimum absolute atomic E-state index is 0.0297. The van der Waals surface area contributed by atoms with Gasteiger partial charge in [-0.2, -0.15) is 5.10 Å². The zero-order chi connectivity index (χ0) is 16.8. The topological polar surface area (TPSA) is 47.4 Å². The summed E-state index contributed by atoms with van der Waals surface area (Å²) in [5.41, 5.74) is 2.14. The summed E-state index contributed by atoms with van der Waals surface area (Å²) in [6, 6.07) is 12.0. The lowest BCUT2D eigenvalue weighted by Crippen LogP contribution is -2.27. The van der Waals surface area contributed by atoms with E-state index in [1.165, 1.54) is 5.56 Å².